The van der Waals surface area contributed by atoms with Gasteiger partial charge in [-0.1, -0.05) is 56.3 Å². The number of rotatable bonds is 8. The molecule has 2 rings (SSSR count). The molecule has 0 fully saturated rings. The zero-order chi connectivity index (χ0) is 15.1. The number of nitrogens with zero attached hydrogens (tertiary/aromatic N) is 2. The standard InChI is InChI=1S/C17H25N3O/c1-4-10-18-15(14-8-6-5-7-9-14)12-17-19-16(20-21-17)11-13(2)3/h5-9,13,15,18H,4,10-12H2,1-3H3. The highest BCUT2D eigenvalue weighted by Crippen LogP contribution is 2.18. The summed E-state index contributed by atoms with van der Waals surface area (Å²) in [5.41, 5.74) is 1.26. The van der Waals surface area contributed by atoms with E-state index in [9.17, 15) is 0 Å². The molecule has 0 amide bonds. The highest BCUT2D eigenvalue weighted by Gasteiger charge is 2.16. The van der Waals surface area contributed by atoms with E-state index in [0.717, 1.165) is 31.6 Å². The molecule has 0 radical (unpaired) electrons. The summed E-state index contributed by atoms with van der Waals surface area (Å²) in [6.45, 7) is 7.46. The third-order valence-electron chi connectivity index (χ3n) is 3.32. The van der Waals surface area contributed by atoms with Crippen molar-refractivity contribution in [3.05, 3.63) is 47.6 Å². The molecule has 0 saturated carbocycles. The summed E-state index contributed by atoms with van der Waals surface area (Å²) in [4.78, 5) is 4.51. The second-order valence-corrected chi connectivity index (χ2v) is 5.82. The highest BCUT2D eigenvalue weighted by atomic mass is 16.5. The Balaban J connectivity index is 2.06. The minimum Gasteiger partial charge on any atom is -0.339 e. The molecule has 0 aliphatic rings. The number of hydrogen-bond donors (Lipinski definition) is 1. The van der Waals surface area contributed by atoms with Gasteiger partial charge in [-0.2, -0.15) is 4.98 Å². The molecule has 1 unspecified atom stereocenters. The van der Waals surface area contributed by atoms with Crippen LogP contribution in [-0.4, -0.2) is 16.7 Å². The summed E-state index contributed by atoms with van der Waals surface area (Å²) >= 11 is 0. The molecule has 4 heteroatoms. The Labute approximate surface area is 127 Å². The average molecular weight is 287 g/mol. The fourth-order valence-electron chi connectivity index (χ4n) is 2.31. The van der Waals surface area contributed by atoms with Gasteiger partial charge in [-0.15, -0.1) is 0 Å². The molecule has 2 aromatic rings. The summed E-state index contributed by atoms with van der Waals surface area (Å²) < 4.78 is 5.40. The Morgan fingerprint density at radius 3 is 2.57 bits per heavy atom. The molecule has 1 N–H and O–H groups in total. The first-order chi connectivity index (χ1) is 10.2. The molecular weight excluding hydrogens is 262 g/mol. The Morgan fingerprint density at radius 1 is 1.14 bits per heavy atom. The highest BCUT2D eigenvalue weighted by molar-refractivity contribution is 5.19. The van der Waals surface area contributed by atoms with Crippen LogP contribution < -0.4 is 5.32 Å². The number of nitrogens with one attached hydrogen (secondary N) is 1. The van der Waals surface area contributed by atoms with Crippen LogP contribution in [0.1, 0.15) is 50.5 Å². The van der Waals surface area contributed by atoms with Crippen molar-refractivity contribution in [3.8, 4) is 0 Å². The maximum Gasteiger partial charge on any atom is 0.228 e. The minimum atomic E-state index is 0.221. The van der Waals surface area contributed by atoms with E-state index in [2.05, 4.69) is 60.5 Å². The van der Waals surface area contributed by atoms with Gasteiger partial charge in [-0.25, -0.2) is 0 Å². The first-order valence-corrected chi connectivity index (χ1v) is 7.78. The summed E-state index contributed by atoms with van der Waals surface area (Å²) in [6.07, 6.45) is 2.70. The third-order valence-corrected chi connectivity index (χ3v) is 3.32. The van der Waals surface area contributed by atoms with E-state index < -0.39 is 0 Å². The first kappa shape index (κ1) is 15.7. The van der Waals surface area contributed by atoms with Crippen molar-refractivity contribution in [2.45, 2.75) is 46.1 Å². The lowest BCUT2D eigenvalue weighted by Gasteiger charge is -2.17. The van der Waals surface area contributed by atoms with Crippen LogP contribution >= 0.6 is 0 Å². The van der Waals surface area contributed by atoms with Crippen molar-refractivity contribution in [1.29, 1.82) is 0 Å². The van der Waals surface area contributed by atoms with Crippen molar-refractivity contribution in [3.63, 3.8) is 0 Å². The van der Waals surface area contributed by atoms with Crippen molar-refractivity contribution >= 4 is 0 Å². The van der Waals surface area contributed by atoms with Crippen LogP contribution in [0.5, 0.6) is 0 Å². The van der Waals surface area contributed by atoms with E-state index in [1.165, 1.54) is 5.56 Å². The largest absolute Gasteiger partial charge is 0.339 e. The van der Waals surface area contributed by atoms with Gasteiger partial charge in [0.25, 0.3) is 0 Å². The van der Waals surface area contributed by atoms with Crippen molar-refractivity contribution in [2.75, 3.05) is 6.54 Å². The molecule has 0 bridgehead atoms. The van der Waals surface area contributed by atoms with Crippen LogP contribution in [0.15, 0.2) is 34.9 Å². The van der Waals surface area contributed by atoms with Crippen LogP contribution in [0.3, 0.4) is 0 Å². The van der Waals surface area contributed by atoms with Gasteiger partial charge in [-0.3, -0.25) is 0 Å². The number of benzene rings is 1. The number of aromatic nitrogens is 2. The van der Waals surface area contributed by atoms with Crippen molar-refractivity contribution in [2.24, 2.45) is 5.92 Å². The van der Waals surface area contributed by atoms with E-state index in [1.807, 2.05) is 6.07 Å². The molecule has 21 heavy (non-hydrogen) atoms. The zero-order valence-electron chi connectivity index (χ0n) is 13.2. The fourth-order valence-corrected chi connectivity index (χ4v) is 2.31. The van der Waals surface area contributed by atoms with Gasteiger partial charge >= 0.3 is 0 Å². The lowest BCUT2D eigenvalue weighted by Crippen LogP contribution is -2.24. The Bertz CT molecular complexity index is 522. The quantitative estimate of drug-likeness (QED) is 0.806. The SMILES string of the molecule is CCCNC(Cc1nc(CC(C)C)no1)c1ccccc1. The van der Waals surface area contributed by atoms with Gasteiger partial charge in [0.05, 0.1) is 0 Å². The van der Waals surface area contributed by atoms with E-state index in [4.69, 9.17) is 4.52 Å². The van der Waals surface area contributed by atoms with Gasteiger partial charge in [0.1, 0.15) is 0 Å². The topological polar surface area (TPSA) is 51.0 Å². The molecule has 4 nitrogen and oxygen atoms in total. The smallest absolute Gasteiger partial charge is 0.228 e. The lowest BCUT2D eigenvalue weighted by atomic mass is 10.0. The Kier molecular flexibility index (Phi) is 5.93. The maximum absolute atomic E-state index is 5.40. The molecule has 0 saturated heterocycles. The van der Waals surface area contributed by atoms with Crippen LogP contribution in [-0.2, 0) is 12.8 Å². The normalized spacial score (nSPS) is 12.8. The predicted molar refractivity (Wildman–Crippen MR) is 84.0 cm³/mol. The van der Waals surface area contributed by atoms with E-state index >= 15 is 0 Å². The zero-order valence-corrected chi connectivity index (χ0v) is 13.2. The van der Waals surface area contributed by atoms with Gasteiger partial charge in [-0.05, 0) is 24.4 Å². The lowest BCUT2D eigenvalue weighted by molar-refractivity contribution is 0.353. The summed E-state index contributed by atoms with van der Waals surface area (Å²) in [6, 6.07) is 10.7. The van der Waals surface area contributed by atoms with Gasteiger partial charge in [0.15, 0.2) is 5.82 Å². The summed E-state index contributed by atoms with van der Waals surface area (Å²) in [5.74, 6) is 2.06. The van der Waals surface area contributed by atoms with Crippen LogP contribution in [0, 0.1) is 5.92 Å². The fraction of sp³-hybridized carbons (Fsp3) is 0.529. The predicted octanol–water partition coefficient (Wildman–Crippen LogP) is 3.55. The van der Waals surface area contributed by atoms with Gasteiger partial charge < -0.3 is 9.84 Å². The minimum absolute atomic E-state index is 0.221. The van der Waals surface area contributed by atoms with Gasteiger partial charge in [0, 0.05) is 18.9 Å². The third kappa shape index (κ3) is 4.97. The monoisotopic (exact) mass is 287 g/mol. The van der Waals surface area contributed by atoms with Crippen LogP contribution in [0.4, 0.5) is 0 Å². The molecule has 1 atom stereocenters. The molecule has 1 heterocycles. The summed E-state index contributed by atoms with van der Waals surface area (Å²) in [7, 11) is 0. The molecule has 0 aliphatic heterocycles. The molecule has 1 aromatic carbocycles. The van der Waals surface area contributed by atoms with E-state index in [1.54, 1.807) is 0 Å². The Hall–Kier alpha value is -1.68. The second kappa shape index (κ2) is 7.93. The molecule has 0 aliphatic carbocycles. The number of hydrogen-bond acceptors (Lipinski definition) is 4. The summed E-state index contributed by atoms with van der Waals surface area (Å²) in [5, 5.41) is 7.63. The molecule has 114 valence electrons. The van der Waals surface area contributed by atoms with Crippen LogP contribution in [0.2, 0.25) is 0 Å². The molecule has 1 aromatic heterocycles. The Morgan fingerprint density at radius 2 is 1.90 bits per heavy atom. The van der Waals surface area contributed by atoms with Gasteiger partial charge in [0.2, 0.25) is 5.89 Å². The van der Waals surface area contributed by atoms with E-state index in [0.29, 0.717) is 11.8 Å². The van der Waals surface area contributed by atoms with Crippen molar-refractivity contribution in [1.82, 2.24) is 15.5 Å². The van der Waals surface area contributed by atoms with E-state index in [-0.39, 0.29) is 6.04 Å². The first-order valence-electron chi connectivity index (χ1n) is 7.78. The maximum atomic E-state index is 5.40. The molecular formula is C17H25N3O. The molecule has 0 spiro atoms. The average Bonchev–Trinajstić information content (AvgIpc) is 2.90. The second-order valence-electron chi connectivity index (χ2n) is 5.82. The van der Waals surface area contributed by atoms with Crippen molar-refractivity contribution < 1.29 is 4.52 Å². The van der Waals surface area contributed by atoms with Crippen LogP contribution in [0.25, 0.3) is 0 Å².